The summed E-state index contributed by atoms with van der Waals surface area (Å²) in [5.74, 6) is 2.22. The predicted molar refractivity (Wildman–Crippen MR) is 80.4 cm³/mol. The number of rotatable bonds is 6. The first-order chi connectivity index (χ1) is 9.58. The number of ether oxygens (including phenoxy) is 2. The number of hydrogen-bond donors (Lipinski definition) is 1. The molecule has 0 fully saturated rings. The molecule has 0 aromatic heterocycles. The van der Waals surface area contributed by atoms with Crippen LogP contribution in [0, 0.1) is 5.92 Å². The molecule has 1 aromatic carbocycles. The molecule has 3 heteroatoms. The second kappa shape index (κ2) is 6.49. The molecule has 3 nitrogen and oxygen atoms in total. The first-order valence-electron chi connectivity index (χ1n) is 7.64. The van der Waals surface area contributed by atoms with E-state index in [1.165, 1.54) is 5.56 Å². The van der Waals surface area contributed by atoms with Crippen LogP contribution in [0.15, 0.2) is 12.1 Å². The molecule has 112 valence electrons. The van der Waals surface area contributed by atoms with E-state index in [0.29, 0.717) is 5.92 Å². The molecule has 2 rings (SSSR count). The smallest absolute Gasteiger partial charge is 0.125 e. The van der Waals surface area contributed by atoms with Gasteiger partial charge in [0, 0.05) is 17.5 Å². The molecule has 1 aromatic rings. The molecule has 0 spiro atoms. The van der Waals surface area contributed by atoms with E-state index in [1.807, 2.05) is 12.1 Å². The lowest BCUT2D eigenvalue weighted by Gasteiger charge is -2.20. The van der Waals surface area contributed by atoms with Gasteiger partial charge < -0.3 is 14.6 Å². The van der Waals surface area contributed by atoms with E-state index in [-0.39, 0.29) is 6.10 Å². The number of aliphatic hydroxyl groups excluding tert-OH is 1. The highest BCUT2D eigenvalue weighted by atomic mass is 16.5. The summed E-state index contributed by atoms with van der Waals surface area (Å²) in [6.45, 7) is 6.41. The zero-order chi connectivity index (χ0) is 14.7. The van der Waals surface area contributed by atoms with Crippen LogP contribution < -0.4 is 9.47 Å². The van der Waals surface area contributed by atoms with Crippen molar-refractivity contribution in [3.8, 4) is 11.5 Å². The SMILES string of the molecule is CCC(CC)CC(O)c1cc2c(cc1OC)CC(C)O2. The lowest BCUT2D eigenvalue weighted by Crippen LogP contribution is -2.08. The van der Waals surface area contributed by atoms with E-state index in [2.05, 4.69) is 20.8 Å². The molecule has 2 atom stereocenters. The van der Waals surface area contributed by atoms with Gasteiger partial charge in [0.15, 0.2) is 0 Å². The van der Waals surface area contributed by atoms with Crippen LogP contribution in [0.25, 0.3) is 0 Å². The predicted octanol–water partition coefficient (Wildman–Crippen LogP) is 3.88. The van der Waals surface area contributed by atoms with Gasteiger partial charge in [0.05, 0.1) is 13.2 Å². The normalized spacial score (nSPS) is 18.8. The third-order valence-electron chi connectivity index (χ3n) is 4.32. The Balaban J connectivity index is 2.24. The van der Waals surface area contributed by atoms with Gasteiger partial charge in [-0.15, -0.1) is 0 Å². The molecule has 0 bridgehead atoms. The van der Waals surface area contributed by atoms with Crippen LogP contribution in [0.5, 0.6) is 11.5 Å². The summed E-state index contributed by atoms with van der Waals surface area (Å²) in [5, 5.41) is 10.5. The topological polar surface area (TPSA) is 38.7 Å². The Kier molecular flexibility index (Phi) is 4.92. The lowest BCUT2D eigenvalue weighted by molar-refractivity contribution is 0.137. The van der Waals surface area contributed by atoms with Crippen LogP contribution in [-0.4, -0.2) is 18.3 Å². The van der Waals surface area contributed by atoms with E-state index in [0.717, 1.165) is 42.7 Å². The highest BCUT2D eigenvalue weighted by molar-refractivity contribution is 5.49. The molecule has 1 aliphatic heterocycles. The molecular formula is C17H26O3. The Morgan fingerprint density at radius 1 is 1.35 bits per heavy atom. The van der Waals surface area contributed by atoms with Gasteiger partial charge in [-0.3, -0.25) is 0 Å². The largest absolute Gasteiger partial charge is 0.496 e. The minimum absolute atomic E-state index is 0.209. The molecule has 1 heterocycles. The van der Waals surface area contributed by atoms with E-state index < -0.39 is 6.10 Å². The Hall–Kier alpha value is -1.22. The summed E-state index contributed by atoms with van der Waals surface area (Å²) in [4.78, 5) is 0. The standard InChI is InChI=1S/C17H26O3/c1-5-12(6-2)8-15(18)14-10-16-13(7-11(3)20-16)9-17(14)19-4/h9-12,15,18H,5-8H2,1-4H3. The maximum atomic E-state index is 10.5. The second-order valence-electron chi connectivity index (χ2n) is 5.77. The van der Waals surface area contributed by atoms with Crippen molar-refractivity contribution in [1.29, 1.82) is 0 Å². The second-order valence-corrected chi connectivity index (χ2v) is 5.77. The van der Waals surface area contributed by atoms with Gasteiger partial charge in [-0.2, -0.15) is 0 Å². The Morgan fingerprint density at radius 2 is 2.05 bits per heavy atom. The summed E-state index contributed by atoms with van der Waals surface area (Å²) < 4.78 is 11.2. The zero-order valence-corrected chi connectivity index (χ0v) is 13.0. The number of benzene rings is 1. The molecule has 1 aliphatic rings. The van der Waals surface area contributed by atoms with Crippen molar-refractivity contribution in [2.24, 2.45) is 5.92 Å². The quantitative estimate of drug-likeness (QED) is 0.858. The highest BCUT2D eigenvalue weighted by Crippen LogP contribution is 2.39. The Morgan fingerprint density at radius 3 is 2.65 bits per heavy atom. The molecule has 2 unspecified atom stereocenters. The van der Waals surface area contributed by atoms with Crippen LogP contribution >= 0.6 is 0 Å². The van der Waals surface area contributed by atoms with Crippen molar-refractivity contribution in [3.63, 3.8) is 0 Å². The molecule has 20 heavy (non-hydrogen) atoms. The van der Waals surface area contributed by atoms with Gasteiger partial charge in [-0.1, -0.05) is 26.7 Å². The van der Waals surface area contributed by atoms with Gasteiger partial charge in [-0.25, -0.2) is 0 Å². The fourth-order valence-corrected chi connectivity index (χ4v) is 2.96. The van der Waals surface area contributed by atoms with Crippen molar-refractivity contribution < 1.29 is 14.6 Å². The van der Waals surface area contributed by atoms with Crippen LogP contribution in [-0.2, 0) is 6.42 Å². The van der Waals surface area contributed by atoms with Gasteiger partial charge in [0.1, 0.15) is 17.6 Å². The van der Waals surface area contributed by atoms with Crippen molar-refractivity contribution in [2.75, 3.05) is 7.11 Å². The average molecular weight is 278 g/mol. The van der Waals surface area contributed by atoms with Crippen molar-refractivity contribution in [2.45, 2.75) is 58.7 Å². The summed E-state index contributed by atoms with van der Waals surface area (Å²) in [5.41, 5.74) is 2.03. The molecule has 0 saturated heterocycles. The minimum atomic E-state index is -0.486. The third-order valence-corrected chi connectivity index (χ3v) is 4.32. The molecule has 0 amide bonds. The van der Waals surface area contributed by atoms with E-state index in [9.17, 15) is 5.11 Å². The van der Waals surface area contributed by atoms with Gasteiger partial charge in [0.2, 0.25) is 0 Å². The van der Waals surface area contributed by atoms with Crippen LogP contribution in [0.1, 0.15) is 57.3 Å². The van der Waals surface area contributed by atoms with Crippen molar-refractivity contribution in [3.05, 3.63) is 23.3 Å². The van der Waals surface area contributed by atoms with Crippen LogP contribution in [0.4, 0.5) is 0 Å². The first kappa shape index (κ1) is 15.2. The first-order valence-corrected chi connectivity index (χ1v) is 7.64. The number of aliphatic hydroxyl groups is 1. The zero-order valence-electron chi connectivity index (χ0n) is 13.0. The summed E-state index contributed by atoms with van der Waals surface area (Å²) >= 11 is 0. The van der Waals surface area contributed by atoms with E-state index in [4.69, 9.17) is 9.47 Å². The number of hydrogen-bond acceptors (Lipinski definition) is 3. The maximum Gasteiger partial charge on any atom is 0.125 e. The molecule has 0 saturated carbocycles. The lowest BCUT2D eigenvalue weighted by atomic mass is 9.92. The van der Waals surface area contributed by atoms with E-state index >= 15 is 0 Å². The number of fused-ring (bicyclic) bond motifs is 1. The third kappa shape index (κ3) is 3.09. The molecule has 1 N–H and O–H groups in total. The Labute approximate surface area is 121 Å². The Bertz CT molecular complexity index is 452. The maximum absolute atomic E-state index is 10.5. The van der Waals surface area contributed by atoms with Crippen LogP contribution in [0.2, 0.25) is 0 Å². The van der Waals surface area contributed by atoms with Gasteiger partial charge >= 0.3 is 0 Å². The van der Waals surface area contributed by atoms with E-state index in [1.54, 1.807) is 7.11 Å². The number of methoxy groups -OCH3 is 1. The molecular weight excluding hydrogens is 252 g/mol. The fraction of sp³-hybridized carbons (Fsp3) is 0.647. The van der Waals surface area contributed by atoms with Crippen molar-refractivity contribution >= 4 is 0 Å². The molecule has 0 radical (unpaired) electrons. The summed E-state index contributed by atoms with van der Waals surface area (Å²) in [7, 11) is 1.66. The average Bonchev–Trinajstić information content (AvgIpc) is 2.81. The summed E-state index contributed by atoms with van der Waals surface area (Å²) in [6.07, 6.45) is 3.59. The highest BCUT2D eigenvalue weighted by Gasteiger charge is 2.25. The fourth-order valence-electron chi connectivity index (χ4n) is 2.96. The van der Waals surface area contributed by atoms with Crippen molar-refractivity contribution in [1.82, 2.24) is 0 Å². The minimum Gasteiger partial charge on any atom is -0.496 e. The van der Waals surface area contributed by atoms with Gasteiger partial charge in [-0.05, 0) is 31.4 Å². The monoisotopic (exact) mass is 278 g/mol. The van der Waals surface area contributed by atoms with Crippen LogP contribution in [0.3, 0.4) is 0 Å². The van der Waals surface area contributed by atoms with Gasteiger partial charge in [0.25, 0.3) is 0 Å². The summed E-state index contributed by atoms with van der Waals surface area (Å²) in [6, 6.07) is 3.98. The molecule has 0 aliphatic carbocycles.